The Morgan fingerprint density at radius 1 is 1.15 bits per heavy atom. The normalized spacial score (nSPS) is 17.4. The van der Waals surface area contributed by atoms with Gasteiger partial charge in [-0.25, -0.2) is 0 Å². The van der Waals surface area contributed by atoms with Gasteiger partial charge in [0.05, 0.1) is 0 Å². The van der Waals surface area contributed by atoms with Crippen molar-refractivity contribution in [1.82, 2.24) is 5.32 Å². The van der Waals surface area contributed by atoms with Crippen LogP contribution in [-0.4, -0.2) is 26.2 Å². The van der Waals surface area contributed by atoms with Crippen LogP contribution in [0.3, 0.4) is 0 Å². The monoisotopic (exact) mass is 274 g/mol. The molecule has 0 aliphatic heterocycles. The van der Waals surface area contributed by atoms with E-state index in [2.05, 4.69) is 55.3 Å². The molecule has 0 unspecified atom stereocenters. The SMILES string of the molecule is CCNCC1(CN(CC)c2ccccc2C)CCCC1. The van der Waals surface area contributed by atoms with Crippen molar-refractivity contribution in [3.05, 3.63) is 29.8 Å². The van der Waals surface area contributed by atoms with Gasteiger partial charge in [0.2, 0.25) is 0 Å². The van der Waals surface area contributed by atoms with E-state index in [9.17, 15) is 0 Å². The minimum Gasteiger partial charge on any atom is -0.371 e. The van der Waals surface area contributed by atoms with Crippen LogP contribution in [0.25, 0.3) is 0 Å². The molecule has 0 spiro atoms. The van der Waals surface area contributed by atoms with Crippen molar-refractivity contribution >= 4 is 5.69 Å². The first-order valence-electron chi connectivity index (χ1n) is 8.22. The third-order valence-corrected chi connectivity index (χ3v) is 4.78. The number of anilines is 1. The van der Waals surface area contributed by atoms with Crippen molar-refractivity contribution in [2.45, 2.75) is 46.5 Å². The summed E-state index contributed by atoms with van der Waals surface area (Å²) in [6, 6.07) is 8.80. The first-order chi connectivity index (χ1) is 9.71. The Morgan fingerprint density at radius 2 is 1.85 bits per heavy atom. The lowest BCUT2D eigenvalue weighted by Crippen LogP contribution is -2.43. The number of aryl methyl sites for hydroxylation is 1. The highest BCUT2D eigenvalue weighted by atomic mass is 15.1. The first-order valence-corrected chi connectivity index (χ1v) is 8.22. The summed E-state index contributed by atoms with van der Waals surface area (Å²) in [5.74, 6) is 0. The van der Waals surface area contributed by atoms with Crippen molar-refractivity contribution < 1.29 is 0 Å². The molecule has 2 nitrogen and oxygen atoms in total. The zero-order chi connectivity index (χ0) is 14.4. The summed E-state index contributed by atoms with van der Waals surface area (Å²) in [5, 5.41) is 3.60. The average molecular weight is 274 g/mol. The third kappa shape index (κ3) is 3.54. The van der Waals surface area contributed by atoms with Gasteiger partial charge in [-0.2, -0.15) is 0 Å². The van der Waals surface area contributed by atoms with Gasteiger partial charge in [0.15, 0.2) is 0 Å². The Kier molecular flexibility index (Phi) is 5.47. The maximum Gasteiger partial charge on any atom is 0.0396 e. The second kappa shape index (κ2) is 7.12. The Balaban J connectivity index is 2.13. The molecule has 2 heteroatoms. The molecule has 0 bridgehead atoms. The molecule has 1 aromatic rings. The van der Waals surface area contributed by atoms with Crippen LogP contribution in [0.2, 0.25) is 0 Å². The van der Waals surface area contributed by atoms with Crippen LogP contribution >= 0.6 is 0 Å². The third-order valence-electron chi connectivity index (χ3n) is 4.78. The van der Waals surface area contributed by atoms with E-state index in [4.69, 9.17) is 0 Å². The highest BCUT2D eigenvalue weighted by Gasteiger charge is 2.35. The van der Waals surface area contributed by atoms with E-state index in [0.29, 0.717) is 5.41 Å². The van der Waals surface area contributed by atoms with Crippen LogP contribution in [0.5, 0.6) is 0 Å². The van der Waals surface area contributed by atoms with E-state index in [0.717, 1.165) is 13.1 Å². The average Bonchev–Trinajstić information content (AvgIpc) is 2.93. The highest BCUT2D eigenvalue weighted by molar-refractivity contribution is 5.53. The molecule has 1 aliphatic carbocycles. The van der Waals surface area contributed by atoms with Gasteiger partial charge in [-0.05, 0) is 44.9 Å². The van der Waals surface area contributed by atoms with E-state index in [-0.39, 0.29) is 0 Å². The Labute approximate surface area is 124 Å². The van der Waals surface area contributed by atoms with Gasteiger partial charge in [-0.3, -0.25) is 0 Å². The fraction of sp³-hybridized carbons (Fsp3) is 0.667. The van der Waals surface area contributed by atoms with Crippen LogP contribution < -0.4 is 10.2 Å². The van der Waals surface area contributed by atoms with E-state index >= 15 is 0 Å². The van der Waals surface area contributed by atoms with Gasteiger partial charge < -0.3 is 10.2 Å². The van der Waals surface area contributed by atoms with Gasteiger partial charge in [0.25, 0.3) is 0 Å². The summed E-state index contributed by atoms with van der Waals surface area (Å²) < 4.78 is 0. The lowest BCUT2D eigenvalue weighted by atomic mass is 9.85. The largest absolute Gasteiger partial charge is 0.371 e. The standard InChI is InChI=1S/C18H30N2/c1-4-19-14-18(12-8-9-13-18)15-20(5-2)17-11-7-6-10-16(17)3/h6-7,10-11,19H,4-5,8-9,12-15H2,1-3H3. The molecule has 0 atom stereocenters. The zero-order valence-electron chi connectivity index (χ0n) is 13.4. The van der Waals surface area contributed by atoms with Gasteiger partial charge in [-0.15, -0.1) is 0 Å². The zero-order valence-corrected chi connectivity index (χ0v) is 13.4. The highest BCUT2D eigenvalue weighted by Crippen LogP contribution is 2.39. The molecule has 20 heavy (non-hydrogen) atoms. The predicted molar refractivity (Wildman–Crippen MR) is 88.5 cm³/mol. The molecule has 1 fully saturated rings. The van der Waals surface area contributed by atoms with Crippen molar-refractivity contribution in [2.24, 2.45) is 5.41 Å². The van der Waals surface area contributed by atoms with E-state index in [1.807, 2.05) is 0 Å². The molecule has 0 radical (unpaired) electrons. The molecule has 1 aromatic carbocycles. The van der Waals surface area contributed by atoms with Crippen LogP contribution in [-0.2, 0) is 0 Å². The molecule has 1 saturated carbocycles. The fourth-order valence-corrected chi connectivity index (χ4v) is 3.60. The van der Waals surface area contributed by atoms with Gasteiger partial charge in [0.1, 0.15) is 0 Å². The second-order valence-electron chi connectivity index (χ2n) is 6.29. The van der Waals surface area contributed by atoms with E-state index < -0.39 is 0 Å². The maximum absolute atomic E-state index is 3.60. The van der Waals surface area contributed by atoms with Gasteiger partial charge >= 0.3 is 0 Å². The van der Waals surface area contributed by atoms with E-state index in [1.165, 1.54) is 50.0 Å². The van der Waals surface area contributed by atoms with Crippen LogP contribution in [0, 0.1) is 12.3 Å². The number of nitrogens with one attached hydrogen (secondary N) is 1. The predicted octanol–water partition coefficient (Wildman–Crippen LogP) is 3.99. The smallest absolute Gasteiger partial charge is 0.0396 e. The lowest BCUT2D eigenvalue weighted by Gasteiger charge is -2.37. The summed E-state index contributed by atoms with van der Waals surface area (Å²) >= 11 is 0. The molecular weight excluding hydrogens is 244 g/mol. The molecule has 112 valence electrons. The molecule has 0 amide bonds. The molecule has 0 heterocycles. The molecule has 1 N–H and O–H groups in total. The summed E-state index contributed by atoms with van der Waals surface area (Å²) in [6.07, 6.45) is 5.55. The number of rotatable bonds is 7. The molecule has 0 aromatic heterocycles. The second-order valence-corrected chi connectivity index (χ2v) is 6.29. The Bertz CT molecular complexity index is 408. The maximum atomic E-state index is 3.60. The minimum atomic E-state index is 0.480. The summed E-state index contributed by atoms with van der Waals surface area (Å²) in [4.78, 5) is 2.58. The molecule has 1 aliphatic rings. The van der Waals surface area contributed by atoms with Crippen molar-refractivity contribution in [1.29, 1.82) is 0 Å². The minimum absolute atomic E-state index is 0.480. The quantitative estimate of drug-likeness (QED) is 0.808. The van der Waals surface area contributed by atoms with Gasteiger partial charge in [-0.1, -0.05) is 38.0 Å². The van der Waals surface area contributed by atoms with Crippen LogP contribution in [0.1, 0.15) is 45.1 Å². The van der Waals surface area contributed by atoms with Gasteiger partial charge in [0, 0.05) is 30.7 Å². The summed E-state index contributed by atoms with van der Waals surface area (Å²) in [5.41, 5.74) is 3.29. The molecular formula is C18H30N2. The first kappa shape index (κ1) is 15.4. The van der Waals surface area contributed by atoms with Crippen LogP contribution in [0.4, 0.5) is 5.69 Å². The van der Waals surface area contributed by atoms with Crippen molar-refractivity contribution in [3.63, 3.8) is 0 Å². The molecule has 0 saturated heterocycles. The Morgan fingerprint density at radius 3 is 2.45 bits per heavy atom. The lowest BCUT2D eigenvalue weighted by molar-refractivity contribution is 0.286. The topological polar surface area (TPSA) is 15.3 Å². The number of hydrogen-bond acceptors (Lipinski definition) is 2. The number of para-hydroxylation sites is 1. The summed E-state index contributed by atoms with van der Waals surface area (Å²) in [7, 11) is 0. The molecule has 2 rings (SSSR count). The number of hydrogen-bond donors (Lipinski definition) is 1. The van der Waals surface area contributed by atoms with Crippen molar-refractivity contribution in [3.8, 4) is 0 Å². The number of benzene rings is 1. The fourth-order valence-electron chi connectivity index (χ4n) is 3.60. The van der Waals surface area contributed by atoms with E-state index in [1.54, 1.807) is 0 Å². The summed E-state index contributed by atoms with van der Waals surface area (Å²) in [6.45, 7) is 11.3. The van der Waals surface area contributed by atoms with Crippen molar-refractivity contribution in [2.75, 3.05) is 31.1 Å². The van der Waals surface area contributed by atoms with Crippen LogP contribution in [0.15, 0.2) is 24.3 Å². The Hall–Kier alpha value is -1.02. The number of nitrogens with zero attached hydrogens (tertiary/aromatic N) is 1.